The number of hydrogen-bond donors (Lipinski definition) is 1. The number of halogens is 3. The minimum atomic E-state index is -1.58. The highest BCUT2D eigenvalue weighted by molar-refractivity contribution is 5.90. The molecule has 2 heterocycles. The molecule has 4 rings (SSSR count). The first-order valence-corrected chi connectivity index (χ1v) is 9.16. The molecule has 0 unspecified atom stereocenters. The lowest BCUT2D eigenvalue weighted by Gasteiger charge is -2.20. The number of nitro groups is 2. The van der Waals surface area contributed by atoms with Crippen LogP contribution in [-0.4, -0.2) is 24.8 Å². The molecule has 13 heteroatoms. The average Bonchev–Trinajstić information content (AvgIpc) is 2.74. The lowest BCUT2D eigenvalue weighted by molar-refractivity contribution is -0.405. The molecule has 1 aliphatic rings. The molecule has 1 aromatic carbocycles. The van der Waals surface area contributed by atoms with E-state index in [1.165, 1.54) is 0 Å². The summed E-state index contributed by atoms with van der Waals surface area (Å²) in [6, 6.07) is 1.66. The number of nitrogens with zero attached hydrogens (tertiary/aromatic N) is 5. The number of hydrogen-bond acceptors (Lipinski definition) is 8. The van der Waals surface area contributed by atoms with Crippen molar-refractivity contribution >= 4 is 28.6 Å². The molecule has 160 valence electrons. The van der Waals surface area contributed by atoms with E-state index in [-0.39, 0.29) is 29.0 Å². The molecule has 0 saturated carbocycles. The molecule has 31 heavy (non-hydrogen) atoms. The Morgan fingerprint density at radius 3 is 2.19 bits per heavy atom. The van der Waals surface area contributed by atoms with Gasteiger partial charge in [-0.25, -0.2) is 13.2 Å². The fourth-order valence-electron chi connectivity index (χ4n) is 3.65. The first-order valence-electron chi connectivity index (χ1n) is 9.16. The maximum atomic E-state index is 13.5. The van der Waals surface area contributed by atoms with Crippen molar-refractivity contribution in [2.45, 2.75) is 32.2 Å². The van der Waals surface area contributed by atoms with E-state index in [4.69, 9.17) is 0 Å². The van der Waals surface area contributed by atoms with Gasteiger partial charge in [-0.2, -0.15) is 4.98 Å². The summed E-state index contributed by atoms with van der Waals surface area (Å²) >= 11 is 0. The van der Waals surface area contributed by atoms with E-state index in [2.05, 4.69) is 20.3 Å². The molecule has 0 amide bonds. The van der Waals surface area contributed by atoms with Gasteiger partial charge < -0.3 is 25.5 Å². The Morgan fingerprint density at radius 1 is 0.935 bits per heavy atom. The number of anilines is 1. The number of benzene rings is 1. The maximum Gasteiger partial charge on any atom is 0.511 e. The Balaban J connectivity index is 1.84. The van der Waals surface area contributed by atoms with Gasteiger partial charge in [0.15, 0.2) is 17.5 Å². The summed E-state index contributed by atoms with van der Waals surface area (Å²) in [7, 11) is 0. The first kappa shape index (κ1) is 20.4. The maximum absolute atomic E-state index is 13.5. The Bertz CT molecular complexity index is 1230. The number of nitrogens with one attached hydrogen (secondary N) is 1. The van der Waals surface area contributed by atoms with Gasteiger partial charge in [0.05, 0.1) is 0 Å². The van der Waals surface area contributed by atoms with Crippen LogP contribution in [0.25, 0.3) is 11.0 Å². The molecule has 0 aliphatic heterocycles. The molecule has 0 saturated heterocycles. The van der Waals surface area contributed by atoms with E-state index >= 15 is 0 Å². The number of fused-ring (bicyclic) bond motifs is 3. The van der Waals surface area contributed by atoms with Crippen molar-refractivity contribution in [1.29, 1.82) is 0 Å². The lowest BCUT2D eigenvalue weighted by atomic mass is 9.90. The summed E-state index contributed by atoms with van der Waals surface area (Å²) in [6.07, 6.45) is 2.47. The van der Waals surface area contributed by atoms with Crippen molar-refractivity contribution in [3.8, 4) is 0 Å². The summed E-state index contributed by atoms with van der Waals surface area (Å²) < 4.78 is 40.1. The highest BCUT2D eigenvalue weighted by atomic mass is 19.2. The third-order valence-corrected chi connectivity index (χ3v) is 4.97. The van der Waals surface area contributed by atoms with E-state index in [1.807, 2.05) is 0 Å². The van der Waals surface area contributed by atoms with Gasteiger partial charge in [-0.1, -0.05) is 0 Å². The van der Waals surface area contributed by atoms with Crippen LogP contribution >= 0.6 is 0 Å². The molecule has 10 nitrogen and oxygen atoms in total. The largest absolute Gasteiger partial charge is 0.511 e. The van der Waals surface area contributed by atoms with E-state index in [1.54, 1.807) is 0 Å². The molecule has 1 N–H and O–H groups in total. The fourth-order valence-corrected chi connectivity index (χ4v) is 3.65. The number of aromatic nitrogens is 3. The smallest absolute Gasteiger partial charge is 0.389 e. The zero-order valence-electron chi connectivity index (χ0n) is 15.7. The van der Waals surface area contributed by atoms with Crippen LogP contribution in [0, 0.1) is 37.7 Å². The molecule has 0 bridgehead atoms. The summed E-state index contributed by atoms with van der Waals surface area (Å²) in [5.41, 5.74) is 1.06. The van der Waals surface area contributed by atoms with Gasteiger partial charge >= 0.3 is 11.8 Å². The van der Waals surface area contributed by atoms with E-state index < -0.39 is 39.1 Å². The van der Waals surface area contributed by atoms with Gasteiger partial charge in [0.25, 0.3) is 5.65 Å². The SMILES string of the molecule is O=[N+]([O-])c1nc([N+](=O)[O-])c2c3c(c(NCc4cc(F)c(F)c(F)c4)nc2n1)CCCC3. The predicted octanol–water partition coefficient (Wildman–Crippen LogP) is 3.75. The van der Waals surface area contributed by atoms with Crippen molar-refractivity contribution < 1.29 is 23.0 Å². The van der Waals surface area contributed by atoms with Crippen molar-refractivity contribution in [3.63, 3.8) is 0 Å². The minimum absolute atomic E-state index is 0.0368. The van der Waals surface area contributed by atoms with Gasteiger partial charge in [0.1, 0.15) is 11.2 Å². The summed E-state index contributed by atoms with van der Waals surface area (Å²) in [6.45, 7) is -0.131. The van der Waals surface area contributed by atoms with Crippen LogP contribution in [0.15, 0.2) is 12.1 Å². The standard InChI is InChI=1S/C18H13F3N6O4/c19-11-5-8(6-12(20)14(11)21)7-22-15-10-4-2-1-3-9(10)13-16(23-15)24-18(27(30)31)25-17(13)26(28)29/h5-6H,1-4,7H2,(H,22,23,24,25). The topological polar surface area (TPSA) is 137 Å². The van der Waals surface area contributed by atoms with Crippen LogP contribution in [0.4, 0.5) is 30.8 Å². The van der Waals surface area contributed by atoms with Gasteiger partial charge in [0.2, 0.25) is 0 Å². The summed E-state index contributed by atoms with van der Waals surface area (Å²) in [5, 5.41) is 25.5. The monoisotopic (exact) mass is 434 g/mol. The van der Waals surface area contributed by atoms with Crippen molar-refractivity contribution in [1.82, 2.24) is 15.0 Å². The van der Waals surface area contributed by atoms with Gasteiger partial charge in [-0.15, -0.1) is 0 Å². The molecule has 0 spiro atoms. The highest BCUT2D eigenvalue weighted by Gasteiger charge is 2.31. The van der Waals surface area contributed by atoms with E-state index in [9.17, 15) is 33.4 Å². The quantitative estimate of drug-likeness (QED) is 0.364. The van der Waals surface area contributed by atoms with Gasteiger partial charge in [0, 0.05) is 11.5 Å². The van der Waals surface area contributed by atoms with Crippen molar-refractivity contribution in [3.05, 3.63) is 66.5 Å². The number of aryl methyl sites for hydroxylation is 1. The van der Waals surface area contributed by atoms with Crippen LogP contribution in [-0.2, 0) is 19.4 Å². The lowest BCUT2D eigenvalue weighted by Crippen LogP contribution is -2.14. The fraction of sp³-hybridized carbons (Fsp3) is 0.278. The van der Waals surface area contributed by atoms with Crippen LogP contribution < -0.4 is 5.32 Å². The second-order valence-electron chi connectivity index (χ2n) is 6.91. The Morgan fingerprint density at radius 2 is 1.58 bits per heavy atom. The van der Waals surface area contributed by atoms with Crippen LogP contribution in [0.1, 0.15) is 29.5 Å². The number of pyridine rings is 1. The normalized spacial score (nSPS) is 13.1. The Kier molecular flexibility index (Phi) is 5.09. The molecular formula is C18H13F3N6O4. The third-order valence-electron chi connectivity index (χ3n) is 4.97. The second kappa shape index (κ2) is 7.74. The van der Waals surface area contributed by atoms with Gasteiger partial charge in [-0.05, 0) is 69.3 Å². The molecule has 0 atom stereocenters. The zero-order valence-corrected chi connectivity index (χ0v) is 15.7. The molecule has 2 aromatic heterocycles. The van der Waals surface area contributed by atoms with Crippen molar-refractivity contribution in [2.75, 3.05) is 5.32 Å². The van der Waals surface area contributed by atoms with E-state index in [0.717, 1.165) is 25.0 Å². The Labute approximate surface area is 171 Å². The molecular weight excluding hydrogens is 421 g/mol. The molecule has 3 aromatic rings. The van der Waals surface area contributed by atoms with Crippen LogP contribution in [0.5, 0.6) is 0 Å². The third kappa shape index (κ3) is 3.69. The average molecular weight is 434 g/mol. The van der Waals surface area contributed by atoms with Crippen LogP contribution in [0.3, 0.4) is 0 Å². The predicted molar refractivity (Wildman–Crippen MR) is 101 cm³/mol. The minimum Gasteiger partial charge on any atom is -0.389 e. The molecule has 0 fully saturated rings. The highest BCUT2D eigenvalue weighted by Crippen LogP contribution is 2.36. The van der Waals surface area contributed by atoms with E-state index in [0.29, 0.717) is 24.0 Å². The summed E-state index contributed by atoms with van der Waals surface area (Å²) in [4.78, 5) is 32.3. The number of rotatable bonds is 5. The second-order valence-corrected chi connectivity index (χ2v) is 6.91. The molecule has 1 aliphatic carbocycles. The zero-order chi connectivity index (χ0) is 22.3. The van der Waals surface area contributed by atoms with Gasteiger partial charge in [-0.3, -0.25) is 0 Å². The molecule has 0 radical (unpaired) electrons. The van der Waals surface area contributed by atoms with Crippen LogP contribution in [0.2, 0.25) is 0 Å². The Hall–Kier alpha value is -3.90. The summed E-state index contributed by atoms with van der Waals surface area (Å²) in [5.74, 6) is -5.70. The van der Waals surface area contributed by atoms with Crippen molar-refractivity contribution in [2.24, 2.45) is 0 Å². The first-order chi connectivity index (χ1) is 14.8.